The fourth-order valence-electron chi connectivity index (χ4n) is 3.64. The number of benzene rings is 1. The van der Waals surface area contributed by atoms with Crippen LogP contribution in [0.5, 0.6) is 0 Å². The Balaban J connectivity index is 1.76. The van der Waals surface area contributed by atoms with Crippen LogP contribution in [0.4, 0.5) is 0 Å². The van der Waals surface area contributed by atoms with Gasteiger partial charge < -0.3 is 5.32 Å². The lowest BCUT2D eigenvalue weighted by atomic mass is 9.83. The molecule has 2 heteroatoms. The van der Waals surface area contributed by atoms with Crippen molar-refractivity contribution in [1.29, 1.82) is 0 Å². The second kappa shape index (κ2) is 6.28. The van der Waals surface area contributed by atoms with Gasteiger partial charge in [0.05, 0.1) is 0 Å². The second-order valence-corrected chi connectivity index (χ2v) is 6.53. The summed E-state index contributed by atoms with van der Waals surface area (Å²) in [6.07, 6.45) is 10.7. The van der Waals surface area contributed by atoms with Crippen molar-refractivity contribution in [2.24, 2.45) is 0 Å². The molecule has 2 aliphatic rings. The van der Waals surface area contributed by atoms with Crippen LogP contribution in [0.2, 0.25) is 5.02 Å². The summed E-state index contributed by atoms with van der Waals surface area (Å²) in [5.74, 6) is 0.703. The molecule has 1 aliphatic heterocycles. The van der Waals surface area contributed by atoms with Gasteiger partial charge in [0.2, 0.25) is 0 Å². The second-order valence-electron chi connectivity index (χ2n) is 6.12. The lowest BCUT2D eigenvalue weighted by molar-refractivity contribution is 0.411. The summed E-state index contributed by atoms with van der Waals surface area (Å²) in [5.41, 5.74) is 2.77. The van der Waals surface area contributed by atoms with Crippen LogP contribution >= 0.6 is 11.6 Å². The minimum absolute atomic E-state index is 0.520. The Morgan fingerprint density at radius 3 is 2.42 bits per heavy atom. The third-order valence-electron chi connectivity index (χ3n) is 4.78. The topological polar surface area (TPSA) is 12.0 Å². The molecule has 1 nitrogen and oxygen atoms in total. The minimum Gasteiger partial charge on any atom is -0.310 e. The Morgan fingerprint density at radius 2 is 1.74 bits per heavy atom. The molecule has 1 atom stereocenters. The first-order chi connectivity index (χ1) is 9.34. The number of piperidine rings is 1. The molecule has 0 amide bonds. The van der Waals surface area contributed by atoms with Crippen LogP contribution in [0, 0.1) is 0 Å². The summed E-state index contributed by atoms with van der Waals surface area (Å²) >= 11 is 6.55. The van der Waals surface area contributed by atoms with Crippen molar-refractivity contribution in [3.05, 3.63) is 34.3 Å². The summed E-state index contributed by atoms with van der Waals surface area (Å²) in [6, 6.07) is 7.34. The van der Waals surface area contributed by atoms with E-state index in [9.17, 15) is 0 Å². The van der Waals surface area contributed by atoms with Crippen molar-refractivity contribution >= 4 is 11.6 Å². The maximum atomic E-state index is 6.55. The summed E-state index contributed by atoms with van der Waals surface area (Å²) in [7, 11) is 0. The molecule has 1 aliphatic carbocycles. The van der Waals surface area contributed by atoms with E-state index >= 15 is 0 Å². The number of rotatable bonds is 2. The largest absolute Gasteiger partial charge is 0.310 e. The van der Waals surface area contributed by atoms with E-state index in [-0.39, 0.29) is 0 Å². The molecular formula is C17H24ClN. The first-order valence-electron chi connectivity index (χ1n) is 7.87. The highest BCUT2D eigenvalue weighted by atomic mass is 35.5. The van der Waals surface area contributed by atoms with Gasteiger partial charge in [-0.15, -0.1) is 0 Å². The average Bonchev–Trinajstić information content (AvgIpc) is 2.49. The Morgan fingerprint density at radius 1 is 0.947 bits per heavy atom. The van der Waals surface area contributed by atoms with Gasteiger partial charge >= 0.3 is 0 Å². The maximum Gasteiger partial charge on any atom is 0.0444 e. The monoisotopic (exact) mass is 277 g/mol. The van der Waals surface area contributed by atoms with Crippen LogP contribution in [0.25, 0.3) is 0 Å². The summed E-state index contributed by atoms with van der Waals surface area (Å²) in [6.45, 7) is 1.15. The van der Waals surface area contributed by atoms with Crippen LogP contribution in [0.1, 0.15) is 74.5 Å². The lowest BCUT2D eigenvalue weighted by Gasteiger charge is -2.26. The summed E-state index contributed by atoms with van der Waals surface area (Å²) in [5, 5.41) is 4.60. The fraction of sp³-hybridized carbons (Fsp3) is 0.647. The van der Waals surface area contributed by atoms with Crippen molar-refractivity contribution < 1.29 is 0 Å². The zero-order valence-corrected chi connectivity index (χ0v) is 12.4. The molecule has 3 rings (SSSR count). The minimum atomic E-state index is 0.520. The van der Waals surface area contributed by atoms with Crippen LogP contribution in [-0.2, 0) is 0 Å². The highest BCUT2D eigenvalue weighted by Crippen LogP contribution is 2.37. The van der Waals surface area contributed by atoms with E-state index < -0.39 is 0 Å². The van der Waals surface area contributed by atoms with Crippen LogP contribution in [0.15, 0.2) is 18.2 Å². The third kappa shape index (κ3) is 3.14. The summed E-state index contributed by atoms with van der Waals surface area (Å²) < 4.78 is 0. The standard InChI is InChI=1S/C17H24ClN/c18-16-12-14(17-8-4-5-11-19-17)9-10-15(16)13-6-2-1-3-7-13/h9-10,12-13,17,19H,1-8,11H2. The molecule has 104 valence electrons. The lowest BCUT2D eigenvalue weighted by Crippen LogP contribution is -2.26. The summed E-state index contributed by atoms with van der Waals surface area (Å²) in [4.78, 5) is 0. The van der Waals surface area contributed by atoms with Crippen molar-refractivity contribution in [3.8, 4) is 0 Å². The molecular weight excluding hydrogens is 254 g/mol. The Kier molecular flexibility index (Phi) is 4.45. The van der Waals surface area contributed by atoms with Gasteiger partial charge in [-0.3, -0.25) is 0 Å². The predicted molar refractivity (Wildman–Crippen MR) is 81.9 cm³/mol. The van der Waals surface area contributed by atoms with Gasteiger partial charge in [-0.1, -0.05) is 49.4 Å². The van der Waals surface area contributed by atoms with E-state index in [1.165, 1.54) is 62.5 Å². The van der Waals surface area contributed by atoms with Gasteiger partial charge in [-0.25, -0.2) is 0 Å². The van der Waals surface area contributed by atoms with Crippen molar-refractivity contribution in [2.45, 2.75) is 63.3 Å². The van der Waals surface area contributed by atoms with Gasteiger partial charge in [-0.2, -0.15) is 0 Å². The van der Waals surface area contributed by atoms with Gasteiger partial charge in [0.1, 0.15) is 0 Å². The number of hydrogen-bond acceptors (Lipinski definition) is 1. The van der Waals surface area contributed by atoms with Gasteiger partial charge in [0.25, 0.3) is 0 Å². The molecule has 1 saturated carbocycles. The van der Waals surface area contributed by atoms with E-state index in [4.69, 9.17) is 11.6 Å². The molecule has 0 radical (unpaired) electrons. The molecule has 0 spiro atoms. The third-order valence-corrected chi connectivity index (χ3v) is 5.11. The zero-order chi connectivity index (χ0) is 13.1. The maximum absolute atomic E-state index is 6.55. The number of hydrogen-bond donors (Lipinski definition) is 1. The Bertz CT molecular complexity index is 417. The SMILES string of the molecule is Clc1cc(C2CCCCN2)ccc1C1CCCCC1. The normalized spacial score (nSPS) is 25.4. The van der Waals surface area contributed by atoms with E-state index in [1.807, 2.05) is 0 Å². The Hall–Kier alpha value is -0.530. The van der Waals surface area contributed by atoms with Crippen LogP contribution < -0.4 is 5.32 Å². The first-order valence-corrected chi connectivity index (χ1v) is 8.25. The van der Waals surface area contributed by atoms with Crippen molar-refractivity contribution in [2.75, 3.05) is 6.54 Å². The quantitative estimate of drug-likeness (QED) is 0.783. The van der Waals surface area contributed by atoms with Crippen LogP contribution in [0.3, 0.4) is 0 Å². The molecule has 1 aromatic carbocycles. The predicted octanol–water partition coefficient (Wildman–Crippen LogP) is 5.20. The molecule has 1 N–H and O–H groups in total. The highest BCUT2D eigenvalue weighted by Gasteiger charge is 2.20. The van der Waals surface area contributed by atoms with Gasteiger partial charge in [-0.05, 0) is 55.3 Å². The molecule has 19 heavy (non-hydrogen) atoms. The zero-order valence-electron chi connectivity index (χ0n) is 11.6. The first kappa shape index (κ1) is 13.5. The Labute approximate surface area is 121 Å². The average molecular weight is 278 g/mol. The fourth-order valence-corrected chi connectivity index (χ4v) is 3.98. The molecule has 1 heterocycles. The smallest absolute Gasteiger partial charge is 0.0444 e. The molecule has 0 aromatic heterocycles. The van der Waals surface area contributed by atoms with E-state index in [1.54, 1.807) is 0 Å². The number of nitrogens with one attached hydrogen (secondary N) is 1. The van der Waals surface area contributed by atoms with E-state index in [2.05, 4.69) is 23.5 Å². The highest BCUT2D eigenvalue weighted by molar-refractivity contribution is 6.31. The van der Waals surface area contributed by atoms with E-state index in [0.29, 0.717) is 12.0 Å². The molecule has 2 fully saturated rings. The van der Waals surface area contributed by atoms with Crippen molar-refractivity contribution in [1.82, 2.24) is 5.32 Å². The molecule has 1 saturated heterocycles. The van der Waals surface area contributed by atoms with Crippen molar-refractivity contribution in [3.63, 3.8) is 0 Å². The molecule has 1 unspecified atom stereocenters. The van der Waals surface area contributed by atoms with Crippen LogP contribution in [-0.4, -0.2) is 6.54 Å². The number of halogens is 1. The van der Waals surface area contributed by atoms with Gasteiger partial charge in [0, 0.05) is 11.1 Å². The molecule has 0 bridgehead atoms. The molecule has 1 aromatic rings. The van der Waals surface area contributed by atoms with E-state index in [0.717, 1.165) is 11.6 Å². The van der Waals surface area contributed by atoms with Gasteiger partial charge in [0.15, 0.2) is 0 Å².